The zero-order valence-corrected chi connectivity index (χ0v) is 6.29. The molecular weight excluding hydrogens is 144 g/mol. The summed E-state index contributed by atoms with van der Waals surface area (Å²) in [6.45, 7) is 0. The van der Waals surface area contributed by atoms with Gasteiger partial charge in [-0.2, -0.15) is 0 Å². The van der Waals surface area contributed by atoms with E-state index in [9.17, 15) is 4.79 Å². The molecule has 0 unspecified atom stereocenters. The smallest absolute Gasteiger partial charge is 0.332 e. The quantitative estimate of drug-likeness (QED) is 0.598. The number of aliphatic hydroxyl groups excluding tert-OH is 1. The number of carboxylic acid groups (broad SMARTS) is 1. The number of carboxylic acids is 1. The first-order valence-corrected chi connectivity index (χ1v) is 3.79. The maximum atomic E-state index is 10.2. The first kappa shape index (κ1) is 8.27. The highest BCUT2D eigenvalue weighted by molar-refractivity contribution is 5.72. The maximum Gasteiger partial charge on any atom is 0.332 e. The van der Waals surface area contributed by atoms with Crippen LogP contribution in [0.25, 0.3) is 0 Å². The lowest BCUT2D eigenvalue weighted by Crippen LogP contribution is -2.19. The summed E-state index contributed by atoms with van der Waals surface area (Å²) in [7, 11) is 0. The van der Waals surface area contributed by atoms with Crippen LogP contribution >= 0.6 is 0 Å². The topological polar surface area (TPSA) is 57.5 Å². The molecule has 1 atom stereocenters. The van der Waals surface area contributed by atoms with E-state index in [0.717, 1.165) is 24.8 Å². The molecule has 0 bridgehead atoms. The van der Waals surface area contributed by atoms with Crippen LogP contribution in [0.3, 0.4) is 0 Å². The van der Waals surface area contributed by atoms with Crippen molar-refractivity contribution in [2.75, 3.05) is 0 Å². The molecule has 0 aromatic heterocycles. The second kappa shape index (κ2) is 3.53. The molecule has 0 fully saturated rings. The average molecular weight is 156 g/mol. The summed E-state index contributed by atoms with van der Waals surface area (Å²) in [6.07, 6.45) is 4.19. The fourth-order valence-corrected chi connectivity index (χ4v) is 1.26. The van der Waals surface area contributed by atoms with E-state index in [-0.39, 0.29) is 0 Å². The van der Waals surface area contributed by atoms with E-state index in [0.29, 0.717) is 6.42 Å². The molecule has 0 heterocycles. The Kier molecular flexibility index (Phi) is 2.65. The molecule has 1 aliphatic carbocycles. The minimum Gasteiger partial charge on any atom is -0.479 e. The first-order valence-electron chi connectivity index (χ1n) is 3.79. The van der Waals surface area contributed by atoms with Crippen LogP contribution in [0.5, 0.6) is 0 Å². The van der Waals surface area contributed by atoms with E-state index < -0.39 is 12.1 Å². The molecule has 0 saturated carbocycles. The summed E-state index contributed by atoms with van der Waals surface area (Å²) >= 11 is 0. The van der Waals surface area contributed by atoms with Crippen LogP contribution < -0.4 is 0 Å². The molecule has 0 amide bonds. The highest BCUT2D eigenvalue weighted by Gasteiger charge is 2.16. The van der Waals surface area contributed by atoms with Crippen molar-refractivity contribution in [1.29, 1.82) is 0 Å². The Morgan fingerprint density at radius 2 is 2.45 bits per heavy atom. The second-order valence-corrected chi connectivity index (χ2v) is 2.81. The normalized spacial score (nSPS) is 19.5. The zero-order chi connectivity index (χ0) is 8.27. The van der Waals surface area contributed by atoms with Gasteiger partial charge in [-0.25, -0.2) is 4.79 Å². The van der Waals surface area contributed by atoms with Crippen molar-refractivity contribution in [1.82, 2.24) is 0 Å². The van der Waals surface area contributed by atoms with Crippen LogP contribution in [0.15, 0.2) is 11.6 Å². The van der Waals surface area contributed by atoms with E-state index in [2.05, 4.69) is 0 Å². The van der Waals surface area contributed by atoms with Crippen molar-refractivity contribution in [3.8, 4) is 0 Å². The molecule has 2 N–H and O–H groups in total. The van der Waals surface area contributed by atoms with E-state index in [1.54, 1.807) is 0 Å². The van der Waals surface area contributed by atoms with Crippen LogP contribution in [0.4, 0.5) is 0 Å². The molecule has 1 rings (SSSR count). The summed E-state index contributed by atoms with van der Waals surface area (Å²) in [5.41, 5.74) is 1.08. The minimum absolute atomic E-state index is 0.301. The summed E-state index contributed by atoms with van der Waals surface area (Å²) in [6, 6.07) is 0. The van der Waals surface area contributed by atoms with Crippen molar-refractivity contribution in [3.05, 3.63) is 11.6 Å². The Morgan fingerprint density at radius 3 is 2.91 bits per heavy atom. The molecular formula is C8H12O3. The Balaban J connectivity index is 2.35. The number of aliphatic carboxylic acids is 1. The predicted octanol–water partition coefficient (Wildman–Crippen LogP) is 0.932. The Labute approximate surface area is 65.3 Å². The van der Waals surface area contributed by atoms with Gasteiger partial charge in [-0.3, -0.25) is 0 Å². The van der Waals surface area contributed by atoms with Gasteiger partial charge in [0, 0.05) is 6.42 Å². The third-order valence-electron chi connectivity index (χ3n) is 1.88. The van der Waals surface area contributed by atoms with Crippen molar-refractivity contribution in [2.45, 2.75) is 31.8 Å². The van der Waals surface area contributed by atoms with Crippen molar-refractivity contribution < 1.29 is 15.0 Å². The lowest BCUT2D eigenvalue weighted by atomic mass is 10.1. The number of aliphatic hydroxyl groups is 1. The van der Waals surface area contributed by atoms with Gasteiger partial charge in [0.2, 0.25) is 0 Å². The molecule has 0 saturated heterocycles. The number of hydrogen-bond donors (Lipinski definition) is 2. The Morgan fingerprint density at radius 1 is 1.73 bits per heavy atom. The van der Waals surface area contributed by atoms with Gasteiger partial charge in [-0.1, -0.05) is 11.6 Å². The lowest BCUT2D eigenvalue weighted by Gasteiger charge is -2.04. The zero-order valence-electron chi connectivity index (χ0n) is 6.29. The molecule has 11 heavy (non-hydrogen) atoms. The van der Waals surface area contributed by atoms with Gasteiger partial charge in [0.1, 0.15) is 0 Å². The van der Waals surface area contributed by atoms with Gasteiger partial charge >= 0.3 is 5.97 Å². The highest BCUT2D eigenvalue weighted by Crippen LogP contribution is 2.21. The monoisotopic (exact) mass is 156 g/mol. The molecule has 0 spiro atoms. The molecule has 0 radical (unpaired) electrons. The third-order valence-corrected chi connectivity index (χ3v) is 1.88. The second-order valence-electron chi connectivity index (χ2n) is 2.81. The fraction of sp³-hybridized carbons (Fsp3) is 0.625. The summed E-state index contributed by atoms with van der Waals surface area (Å²) < 4.78 is 0. The molecule has 0 aromatic carbocycles. The standard InChI is InChI=1S/C8H12O3/c9-7(8(10)11)5-6-3-1-2-4-6/h3,7,9H,1-2,4-5H2,(H,10,11)/t7-/m1/s1. The van der Waals surface area contributed by atoms with E-state index in [1.165, 1.54) is 0 Å². The fourth-order valence-electron chi connectivity index (χ4n) is 1.26. The molecule has 1 aliphatic rings. The van der Waals surface area contributed by atoms with Gasteiger partial charge in [0.05, 0.1) is 0 Å². The Hall–Kier alpha value is -0.830. The van der Waals surface area contributed by atoms with Crippen LogP contribution in [-0.4, -0.2) is 22.3 Å². The minimum atomic E-state index is -1.21. The third kappa shape index (κ3) is 2.35. The predicted molar refractivity (Wildman–Crippen MR) is 40.2 cm³/mol. The van der Waals surface area contributed by atoms with E-state index >= 15 is 0 Å². The maximum absolute atomic E-state index is 10.2. The number of hydrogen-bond acceptors (Lipinski definition) is 2. The van der Waals surface area contributed by atoms with Crippen LogP contribution in [0.2, 0.25) is 0 Å². The van der Waals surface area contributed by atoms with Crippen LogP contribution in [0.1, 0.15) is 25.7 Å². The SMILES string of the molecule is O=C(O)[C@H](O)CC1=CCCC1. The number of rotatable bonds is 3. The average Bonchev–Trinajstić information content (AvgIpc) is 2.39. The van der Waals surface area contributed by atoms with Gasteiger partial charge in [0.25, 0.3) is 0 Å². The van der Waals surface area contributed by atoms with Gasteiger partial charge in [0.15, 0.2) is 6.10 Å². The summed E-state index contributed by atoms with van der Waals surface area (Å²) in [5.74, 6) is -1.13. The number of allylic oxidation sites excluding steroid dienone is 1. The first-order chi connectivity index (χ1) is 5.20. The van der Waals surface area contributed by atoms with Gasteiger partial charge < -0.3 is 10.2 Å². The summed E-state index contributed by atoms with van der Waals surface area (Å²) in [5, 5.41) is 17.3. The molecule has 3 heteroatoms. The summed E-state index contributed by atoms with van der Waals surface area (Å²) in [4.78, 5) is 10.2. The van der Waals surface area contributed by atoms with Crippen molar-refractivity contribution in [3.63, 3.8) is 0 Å². The van der Waals surface area contributed by atoms with Crippen molar-refractivity contribution in [2.24, 2.45) is 0 Å². The van der Waals surface area contributed by atoms with Crippen LogP contribution in [0, 0.1) is 0 Å². The Bertz CT molecular complexity index is 184. The largest absolute Gasteiger partial charge is 0.479 e. The highest BCUT2D eigenvalue weighted by atomic mass is 16.4. The van der Waals surface area contributed by atoms with E-state index in [4.69, 9.17) is 10.2 Å². The lowest BCUT2D eigenvalue weighted by molar-refractivity contribution is -0.146. The molecule has 0 aliphatic heterocycles. The van der Waals surface area contributed by atoms with Crippen LogP contribution in [-0.2, 0) is 4.79 Å². The van der Waals surface area contributed by atoms with E-state index in [1.807, 2.05) is 6.08 Å². The van der Waals surface area contributed by atoms with Crippen molar-refractivity contribution >= 4 is 5.97 Å². The molecule has 3 nitrogen and oxygen atoms in total. The van der Waals surface area contributed by atoms with Gasteiger partial charge in [-0.05, 0) is 19.3 Å². The molecule has 62 valence electrons. The van der Waals surface area contributed by atoms with Gasteiger partial charge in [-0.15, -0.1) is 0 Å². The molecule has 0 aromatic rings. The number of carbonyl (C=O) groups is 1.